The van der Waals surface area contributed by atoms with Gasteiger partial charge in [-0.3, -0.25) is 0 Å². The van der Waals surface area contributed by atoms with Gasteiger partial charge in [0.15, 0.2) is 0 Å². The summed E-state index contributed by atoms with van der Waals surface area (Å²) in [7, 11) is 1.96. The predicted octanol–water partition coefficient (Wildman–Crippen LogP) is 2.34. The summed E-state index contributed by atoms with van der Waals surface area (Å²) >= 11 is 0. The van der Waals surface area contributed by atoms with Crippen LogP contribution in [-0.4, -0.2) is 18.7 Å². The van der Waals surface area contributed by atoms with Gasteiger partial charge < -0.3 is 10.4 Å². The van der Waals surface area contributed by atoms with Gasteiger partial charge in [-0.1, -0.05) is 0 Å². The van der Waals surface area contributed by atoms with Crippen molar-refractivity contribution in [2.75, 3.05) is 13.6 Å². The lowest BCUT2D eigenvalue weighted by Crippen LogP contribution is -2.14. The number of aryl methyl sites for hydroxylation is 1. The Bertz CT molecular complexity index is 385. The van der Waals surface area contributed by atoms with Gasteiger partial charge in [0.25, 0.3) is 0 Å². The van der Waals surface area contributed by atoms with Crippen molar-refractivity contribution in [3.8, 4) is 5.75 Å². The maximum atomic E-state index is 10.0. The maximum Gasteiger partial charge on any atom is 0.119 e. The highest BCUT2D eigenvalue weighted by molar-refractivity contribution is 5.50. The van der Waals surface area contributed by atoms with Crippen LogP contribution in [0, 0.1) is 6.92 Å². The van der Waals surface area contributed by atoms with Crippen LogP contribution in [0.1, 0.15) is 35.1 Å². The van der Waals surface area contributed by atoms with Gasteiger partial charge in [-0.05, 0) is 80.9 Å². The number of hydrogen-bond acceptors (Lipinski definition) is 2. The fraction of sp³-hybridized carbons (Fsp3) is 0.571. The minimum atomic E-state index is 0.494. The fourth-order valence-electron chi connectivity index (χ4n) is 2.74. The van der Waals surface area contributed by atoms with Gasteiger partial charge in [-0.25, -0.2) is 0 Å². The van der Waals surface area contributed by atoms with Crippen molar-refractivity contribution >= 4 is 0 Å². The van der Waals surface area contributed by atoms with Crippen LogP contribution in [0.5, 0.6) is 5.75 Å². The Kier molecular flexibility index (Phi) is 3.49. The Morgan fingerprint density at radius 2 is 1.94 bits per heavy atom. The van der Waals surface area contributed by atoms with E-state index in [0.717, 1.165) is 19.4 Å². The monoisotopic (exact) mass is 219 g/mol. The lowest BCUT2D eigenvalue weighted by molar-refractivity contribution is 0.463. The molecule has 88 valence electrons. The summed E-state index contributed by atoms with van der Waals surface area (Å²) in [6, 6.07) is 1.94. The molecule has 2 rings (SSSR count). The number of phenolic OH excluding ortho intramolecular Hbond substituents is 1. The van der Waals surface area contributed by atoms with Crippen molar-refractivity contribution in [1.29, 1.82) is 0 Å². The lowest BCUT2D eigenvalue weighted by Gasteiger charge is -2.22. The third-order valence-electron chi connectivity index (χ3n) is 3.60. The van der Waals surface area contributed by atoms with Crippen LogP contribution in [0.2, 0.25) is 0 Å². The average molecular weight is 219 g/mol. The first-order valence-corrected chi connectivity index (χ1v) is 6.22. The Hall–Kier alpha value is -1.02. The Morgan fingerprint density at radius 3 is 2.62 bits per heavy atom. The first-order chi connectivity index (χ1) is 7.74. The van der Waals surface area contributed by atoms with Crippen LogP contribution in [0.4, 0.5) is 0 Å². The molecule has 1 aromatic carbocycles. The standard InChI is InChI=1S/C14H21NO/c1-10-9-14(16)13(7-8-15-2)12-6-4-3-5-11(10)12/h9,15-16H,3-8H2,1-2H3. The molecule has 0 radical (unpaired) electrons. The second-order valence-electron chi connectivity index (χ2n) is 4.71. The number of hydrogen-bond donors (Lipinski definition) is 2. The molecule has 2 heteroatoms. The van der Waals surface area contributed by atoms with E-state index in [0.29, 0.717) is 5.75 Å². The van der Waals surface area contributed by atoms with Crippen molar-refractivity contribution in [3.05, 3.63) is 28.3 Å². The summed E-state index contributed by atoms with van der Waals surface area (Å²) in [5.41, 5.74) is 5.37. The second kappa shape index (κ2) is 4.88. The smallest absolute Gasteiger partial charge is 0.119 e. The summed E-state index contributed by atoms with van der Waals surface area (Å²) in [5.74, 6) is 0.494. The molecule has 2 N–H and O–H groups in total. The quantitative estimate of drug-likeness (QED) is 0.818. The zero-order valence-electron chi connectivity index (χ0n) is 10.3. The van der Waals surface area contributed by atoms with Crippen LogP contribution < -0.4 is 5.32 Å². The molecule has 0 fully saturated rings. The van der Waals surface area contributed by atoms with Gasteiger partial charge in [-0.2, -0.15) is 0 Å². The van der Waals surface area contributed by atoms with E-state index < -0.39 is 0 Å². The first kappa shape index (κ1) is 11.5. The zero-order valence-corrected chi connectivity index (χ0v) is 10.3. The topological polar surface area (TPSA) is 32.3 Å². The van der Waals surface area contributed by atoms with E-state index in [-0.39, 0.29) is 0 Å². The number of benzene rings is 1. The second-order valence-corrected chi connectivity index (χ2v) is 4.71. The van der Waals surface area contributed by atoms with Crippen molar-refractivity contribution in [3.63, 3.8) is 0 Å². The molecule has 0 spiro atoms. The summed E-state index contributed by atoms with van der Waals surface area (Å²) in [6.07, 6.45) is 5.83. The minimum Gasteiger partial charge on any atom is -0.508 e. The maximum absolute atomic E-state index is 10.0. The molecule has 0 bridgehead atoms. The molecule has 16 heavy (non-hydrogen) atoms. The number of phenols is 1. The number of fused-ring (bicyclic) bond motifs is 1. The molecule has 0 atom stereocenters. The van der Waals surface area contributed by atoms with Crippen molar-refractivity contribution < 1.29 is 5.11 Å². The molecule has 0 aromatic heterocycles. The van der Waals surface area contributed by atoms with E-state index in [4.69, 9.17) is 0 Å². The van der Waals surface area contributed by atoms with E-state index in [2.05, 4.69) is 12.2 Å². The summed E-state index contributed by atoms with van der Waals surface area (Å²) in [6.45, 7) is 3.05. The third kappa shape index (κ3) is 2.07. The molecule has 1 aromatic rings. The van der Waals surface area contributed by atoms with E-state index in [1.807, 2.05) is 13.1 Å². The van der Waals surface area contributed by atoms with Crippen LogP contribution in [0.3, 0.4) is 0 Å². The van der Waals surface area contributed by atoms with E-state index >= 15 is 0 Å². The van der Waals surface area contributed by atoms with Gasteiger partial charge in [0.2, 0.25) is 0 Å². The molecule has 0 saturated carbocycles. The molecule has 0 aliphatic heterocycles. The zero-order chi connectivity index (χ0) is 11.5. The number of aromatic hydroxyl groups is 1. The van der Waals surface area contributed by atoms with Crippen molar-refractivity contribution in [2.45, 2.75) is 39.0 Å². The molecule has 0 amide bonds. The highest BCUT2D eigenvalue weighted by Crippen LogP contribution is 2.33. The fourth-order valence-corrected chi connectivity index (χ4v) is 2.74. The summed E-state index contributed by atoms with van der Waals surface area (Å²) in [4.78, 5) is 0. The highest BCUT2D eigenvalue weighted by atomic mass is 16.3. The first-order valence-electron chi connectivity index (χ1n) is 6.22. The normalized spacial score (nSPS) is 14.9. The molecule has 1 aliphatic rings. The predicted molar refractivity (Wildman–Crippen MR) is 67.1 cm³/mol. The Balaban J connectivity index is 2.41. The van der Waals surface area contributed by atoms with Gasteiger partial charge in [-0.15, -0.1) is 0 Å². The van der Waals surface area contributed by atoms with Crippen LogP contribution in [-0.2, 0) is 19.3 Å². The minimum absolute atomic E-state index is 0.494. The van der Waals surface area contributed by atoms with Crippen molar-refractivity contribution in [2.24, 2.45) is 0 Å². The van der Waals surface area contributed by atoms with Gasteiger partial charge in [0, 0.05) is 0 Å². The van der Waals surface area contributed by atoms with Crippen LogP contribution in [0.25, 0.3) is 0 Å². The highest BCUT2D eigenvalue weighted by Gasteiger charge is 2.18. The van der Waals surface area contributed by atoms with Gasteiger partial charge >= 0.3 is 0 Å². The summed E-state index contributed by atoms with van der Waals surface area (Å²) < 4.78 is 0. The number of likely N-dealkylation sites (N-methyl/N-ethyl adjacent to an activating group) is 1. The Labute approximate surface area is 97.7 Å². The SMILES string of the molecule is CNCCc1c(O)cc(C)c2c1CCCC2. The molecule has 0 heterocycles. The molecule has 2 nitrogen and oxygen atoms in total. The number of nitrogens with one attached hydrogen (secondary N) is 1. The molecule has 1 aliphatic carbocycles. The Morgan fingerprint density at radius 1 is 1.25 bits per heavy atom. The van der Waals surface area contributed by atoms with E-state index in [9.17, 15) is 5.11 Å². The van der Waals surface area contributed by atoms with Crippen molar-refractivity contribution in [1.82, 2.24) is 5.32 Å². The van der Waals surface area contributed by atoms with Crippen LogP contribution in [0.15, 0.2) is 6.07 Å². The van der Waals surface area contributed by atoms with Gasteiger partial charge in [0.05, 0.1) is 0 Å². The van der Waals surface area contributed by atoms with E-state index in [1.165, 1.54) is 41.5 Å². The molecule has 0 saturated heterocycles. The van der Waals surface area contributed by atoms with Crippen LogP contribution >= 0.6 is 0 Å². The molecule has 0 unspecified atom stereocenters. The molecular weight excluding hydrogens is 198 g/mol. The largest absolute Gasteiger partial charge is 0.508 e. The van der Waals surface area contributed by atoms with Gasteiger partial charge in [0.1, 0.15) is 5.75 Å². The lowest BCUT2D eigenvalue weighted by atomic mass is 9.84. The molecular formula is C14H21NO. The third-order valence-corrected chi connectivity index (χ3v) is 3.60. The average Bonchev–Trinajstić information content (AvgIpc) is 2.29. The summed E-state index contributed by atoms with van der Waals surface area (Å²) in [5, 5.41) is 13.2. The van der Waals surface area contributed by atoms with E-state index in [1.54, 1.807) is 0 Å². The number of rotatable bonds is 3.